The van der Waals surface area contributed by atoms with E-state index in [2.05, 4.69) is 48.7 Å². The Morgan fingerprint density at radius 1 is 0.946 bits per heavy atom. The topological polar surface area (TPSA) is 115 Å². The Bertz CT molecular complexity index is 1740. The van der Waals surface area contributed by atoms with Crippen LogP contribution < -0.4 is 5.32 Å². The first kappa shape index (κ1) is 22.6. The fourth-order valence-electron chi connectivity index (χ4n) is 4.45. The molecule has 0 saturated carbocycles. The van der Waals surface area contributed by atoms with E-state index in [1.54, 1.807) is 24.8 Å². The summed E-state index contributed by atoms with van der Waals surface area (Å²) in [6, 6.07) is 18.1. The summed E-state index contributed by atoms with van der Waals surface area (Å²) in [5.74, 6) is -0.102. The molecule has 1 amide bonds. The van der Waals surface area contributed by atoms with E-state index in [0.717, 1.165) is 55.7 Å². The molecule has 9 nitrogen and oxygen atoms in total. The molecule has 6 rings (SSSR count). The zero-order valence-electron chi connectivity index (χ0n) is 20.4. The van der Waals surface area contributed by atoms with Crippen molar-refractivity contribution < 1.29 is 4.79 Å². The van der Waals surface area contributed by atoms with Gasteiger partial charge in [-0.3, -0.25) is 19.9 Å². The molecular weight excluding hydrogens is 464 g/mol. The normalized spacial score (nSPS) is 11.4. The molecule has 0 spiro atoms. The molecule has 1 aromatic carbocycles. The summed E-state index contributed by atoms with van der Waals surface area (Å²) < 4.78 is 0. The molecule has 0 radical (unpaired) electrons. The van der Waals surface area contributed by atoms with Crippen molar-refractivity contribution in [1.29, 1.82) is 0 Å². The van der Waals surface area contributed by atoms with Crippen molar-refractivity contribution in [2.45, 2.75) is 0 Å². The fourth-order valence-corrected chi connectivity index (χ4v) is 4.45. The third-order valence-corrected chi connectivity index (χ3v) is 6.10. The predicted molar refractivity (Wildman–Crippen MR) is 145 cm³/mol. The molecule has 0 aliphatic rings. The van der Waals surface area contributed by atoms with Crippen LogP contribution in [0.15, 0.2) is 79.4 Å². The standard InChI is InChI=1S/C28H24N8O/c1-36(2)16-26(37)31-19-12-18(14-30-15-19)22-6-7-24-27(33-22)28(35-34-24)25-13-21-20(4-3-5-23(21)32-25)17-8-10-29-11-9-17/h3-15,32H,16H2,1-2H3,(H,31,37)(H,34,35). The first-order valence-electron chi connectivity index (χ1n) is 11.8. The van der Waals surface area contributed by atoms with Gasteiger partial charge in [-0.25, -0.2) is 4.98 Å². The highest BCUT2D eigenvalue weighted by Gasteiger charge is 2.16. The molecule has 5 aromatic heterocycles. The largest absolute Gasteiger partial charge is 0.353 e. The van der Waals surface area contributed by atoms with Crippen molar-refractivity contribution in [2.24, 2.45) is 0 Å². The summed E-state index contributed by atoms with van der Waals surface area (Å²) in [6.07, 6.45) is 6.96. The number of rotatable bonds is 6. The number of pyridine rings is 3. The van der Waals surface area contributed by atoms with E-state index < -0.39 is 0 Å². The fraction of sp³-hybridized carbons (Fsp3) is 0.107. The molecule has 6 aromatic rings. The number of nitrogens with one attached hydrogen (secondary N) is 3. The molecule has 182 valence electrons. The quantitative estimate of drug-likeness (QED) is 0.312. The van der Waals surface area contributed by atoms with E-state index >= 15 is 0 Å². The van der Waals surface area contributed by atoms with E-state index in [9.17, 15) is 4.79 Å². The van der Waals surface area contributed by atoms with Crippen molar-refractivity contribution in [2.75, 3.05) is 26.0 Å². The molecule has 0 bridgehead atoms. The zero-order chi connectivity index (χ0) is 25.4. The van der Waals surface area contributed by atoms with E-state index in [1.165, 1.54) is 0 Å². The molecular formula is C28H24N8O. The third-order valence-electron chi connectivity index (χ3n) is 6.10. The minimum atomic E-state index is -0.102. The Balaban J connectivity index is 1.38. The van der Waals surface area contributed by atoms with Gasteiger partial charge in [-0.15, -0.1) is 0 Å². The van der Waals surface area contributed by atoms with E-state index in [4.69, 9.17) is 4.98 Å². The molecule has 9 heteroatoms. The zero-order valence-corrected chi connectivity index (χ0v) is 20.4. The molecule has 0 fully saturated rings. The first-order valence-corrected chi connectivity index (χ1v) is 11.8. The Morgan fingerprint density at radius 2 is 1.81 bits per heavy atom. The molecule has 37 heavy (non-hydrogen) atoms. The van der Waals surface area contributed by atoms with Crippen LogP contribution in [0.1, 0.15) is 0 Å². The smallest absolute Gasteiger partial charge is 0.238 e. The number of carbonyl (C=O) groups excluding carboxylic acids is 1. The maximum Gasteiger partial charge on any atom is 0.238 e. The van der Waals surface area contributed by atoms with Crippen molar-refractivity contribution in [1.82, 2.24) is 35.0 Å². The number of nitrogens with zero attached hydrogens (tertiary/aromatic N) is 5. The summed E-state index contributed by atoms with van der Waals surface area (Å²) in [7, 11) is 3.70. The molecule has 0 saturated heterocycles. The van der Waals surface area contributed by atoms with Crippen LogP contribution in [0.4, 0.5) is 5.69 Å². The van der Waals surface area contributed by atoms with Crippen LogP contribution in [-0.2, 0) is 4.79 Å². The number of hydrogen-bond donors (Lipinski definition) is 3. The Labute approximate surface area is 212 Å². The minimum Gasteiger partial charge on any atom is -0.353 e. The predicted octanol–water partition coefficient (Wildman–Crippen LogP) is 4.73. The molecule has 3 N–H and O–H groups in total. The average molecular weight is 489 g/mol. The van der Waals surface area contributed by atoms with Crippen LogP contribution in [0.2, 0.25) is 0 Å². The van der Waals surface area contributed by atoms with Gasteiger partial charge < -0.3 is 15.2 Å². The second kappa shape index (κ2) is 9.29. The highest BCUT2D eigenvalue weighted by Crippen LogP contribution is 2.34. The van der Waals surface area contributed by atoms with Crippen LogP contribution in [0, 0.1) is 0 Å². The lowest BCUT2D eigenvalue weighted by Gasteiger charge is -2.10. The number of likely N-dealkylation sites (N-methyl/N-ethyl adjacent to an activating group) is 1. The van der Waals surface area contributed by atoms with E-state index in [0.29, 0.717) is 12.2 Å². The number of H-pyrrole nitrogens is 2. The van der Waals surface area contributed by atoms with Gasteiger partial charge in [0, 0.05) is 35.1 Å². The summed E-state index contributed by atoms with van der Waals surface area (Å²) in [5, 5.41) is 11.7. The Kier molecular flexibility index (Phi) is 5.66. The van der Waals surface area contributed by atoms with E-state index in [-0.39, 0.29) is 5.91 Å². The van der Waals surface area contributed by atoms with Crippen LogP contribution in [-0.4, -0.2) is 61.6 Å². The van der Waals surface area contributed by atoms with Crippen LogP contribution >= 0.6 is 0 Å². The van der Waals surface area contributed by atoms with Crippen molar-refractivity contribution in [3.8, 4) is 33.8 Å². The maximum absolute atomic E-state index is 12.2. The number of carbonyl (C=O) groups is 1. The highest BCUT2D eigenvalue weighted by atomic mass is 16.2. The summed E-state index contributed by atoms with van der Waals surface area (Å²) >= 11 is 0. The summed E-state index contributed by atoms with van der Waals surface area (Å²) in [5.41, 5.74) is 8.57. The summed E-state index contributed by atoms with van der Waals surface area (Å²) in [4.78, 5) is 30.9. The Morgan fingerprint density at radius 3 is 2.65 bits per heavy atom. The number of aromatic amines is 2. The van der Waals surface area contributed by atoms with Crippen molar-refractivity contribution in [3.63, 3.8) is 0 Å². The second-order valence-corrected chi connectivity index (χ2v) is 9.10. The van der Waals surface area contributed by atoms with Gasteiger partial charge in [0.05, 0.1) is 35.3 Å². The second-order valence-electron chi connectivity index (χ2n) is 9.10. The number of aromatic nitrogens is 6. The van der Waals surface area contributed by atoms with Gasteiger partial charge in [0.1, 0.15) is 11.2 Å². The molecule has 0 unspecified atom stereocenters. The number of hydrogen-bond acceptors (Lipinski definition) is 6. The Hall–Kier alpha value is -4.89. The number of anilines is 1. The highest BCUT2D eigenvalue weighted by molar-refractivity contribution is 6.00. The number of fused-ring (bicyclic) bond motifs is 2. The summed E-state index contributed by atoms with van der Waals surface area (Å²) in [6.45, 7) is 0.292. The molecule has 0 aliphatic heterocycles. The van der Waals surface area contributed by atoms with Gasteiger partial charge in [-0.05, 0) is 67.7 Å². The van der Waals surface area contributed by atoms with Crippen LogP contribution in [0.3, 0.4) is 0 Å². The number of amides is 1. The lowest BCUT2D eigenvalue weighted by atomic mass is 10.0. The van der Waals surface area contributed by atoms with Gasteiger partial charge in [0.15, 0.2) is 0 Å². The van der Waals surface area contributed by atoms with Gasteiger partial charge in [0.25, 0.3) is 0 Å². The number of benzene rings is 1. The van der Waals surface area contributed by atoms with Crippen LogP contribution in [0.25, 0.3) is 55.7 Å². The van der Waals surface area contributed by atoms with Gasteiger partial charge in [-0.2, -0.15) is 5.10 Å². The van der Waals surface area contributed by atoms with Crippen molar-refractivity contribution >= 4 is 33.5 Å². The molecule has 5 heterocycles. The lowest BCUT2D eigenvalue weighted by molar-refractivity contribution is -0.116. The average Bonchev–Trinajstić information content (AvgIpc) is 3.52. The first-order chi connectivity index (χ1) is 18.0. The van der Waals surface area contributed by atoms with Crippen molar-refractivity contribution in [3.05, 3.63) is 79.4 Å². The minimum absolute atomic E-state index is 0.102. The van der Waals surface area contributed by atoms with Crippen LogP contribution in [0.5, 0.6) is 0 Å². The lowest BCUT2D eigenvalue weighted by Crippen LogP contribution is -2.27. The maximum atomic E-state index is 12.2. The molecule has 0 atom stereocenters. The molecule has 0 aliphatic carbocycles. The van der Waals surface area contributed by atoms with Gasteiger partial charge >= 0.3 is 0 Å². The monoisotopic (exact) mass is 488 g/mol. The third kappa shape index (κ3) is 4.43. The SMILES string of the molecule is CN(C)CC(=O)Nc1cncc(-c2ccc3[nH]nc(-c4cc5c(-c6ccncc6)cccc5[nH]4)c3n2)c1. The van der Waals surface area contributed by atoms with Gasteiger partial charge in [-0.1, -0.05) is 12.1 Å². The van der Waals surface area contributed by atoms with E-state index in [1.807, 2.05) is 55.4 Å². The van der Waals surface area contributed by atoms with Gasteiger partial charge in [0.2, 0.25) is 5.91 Å².